The van der Waals surface area contributed by atoms with Crippen LogP contribution >= 0.6 is 0 Å². The monoisotopic (exact) mass is 308 g/mol. The molecule has 1 aromatic heterocycles. The van der Waals surface area contributed by atoms with E-state index >= 15 is 0 Å². The van der Waals surface area contributed by atoms with Crippen LogP contribution in [0, 0.1) is 6.92 Å². The minimum absolute atomic E-state index is 0.00969. The molecule has 0 aliphatic carbocycles. The number of aliphatic hydroxyl groups excluding tert-OH is 1. The summed E-state index contributed by atoms with van der Waals surface area (Å²) in [5.41, 5.74) is 5.24. The van der Waals surface area contributed by atoms with Gasteiger partial charge in [-0.2, -0.15) is 0 Å². The van der Waals surface area contributed by atoms with Crippen molar-refractivity contribution in [2.45, 2.75) is 20.1 Å². The predicted octanol–water partition coefficient (Wildman–Crippen LogP) is 3.41. The Labute approximate surface area is 136 Å². The zero-order valence-corrected chi connectivity index (χ0v) is 13.4. The normalized spacial score (nSPS) is 10.7. The van der Waals surface area contributed by atoms with Gasteiger partial charge in [0.2, 0.25) is 0 Å². The van der Waals surface area contributed by atoms with Crippen molar-refractivity contribution in [3.63, 3.8) is 0 Å². The lowest BCUT2D eigenvalue weighted by Crippen LogP contribution is -2.04. The molecule has 3 aromatic rings. The summed E-state index contributed by atoms with van der Waals surface area (Å²) in [7, 11) is 1.67. The van der Waals surface area contributed by atoms with Crippen LogP contribution in [0.15, 0.2) is 54.9 Å². The van der Waals surface area contributed by atoms with E-state index in [2.05, 4.69) is 41.4 Å². The lowest BCUT2D eigenvalue weighted by molar-refractivity contribution is 0.270. The number of ether oxygens (including phenoxy) is 1. The van der Waals surface area contributed by atoms with Gasteiger partial charge in [0.15, 0.2) is 0 Å². The van der Waals surface area contributed by atoms with Crippen LogP contribution in [0.2, 0.25) is 0 Å². The van der Waals surface area contributed by atoms with E-state index in [4.69, 9.17) is 4.74 Å². The lowest BCUT2D eigenvalue weighted by Gasteiger charge is -2.09. The summed E-state index contributed by atoms with van der Waals surface area (Å²) in [6, 6.07) is 16.5. The number of aromatic nitrogens is 2. The number of hydrogen-bond acceptors (Lipinski definition) is 3. The SMILES string of the molecule is COc1ccc(-c2ccc(Cn3cnc(C)c3CO)cc2)cc1. The van der Waals surface area contributed by atoms with Crippen LogP contribution in [0.5, 0.6) is 5.75 Å². The van der Waals surface area contributed by atoms with E-state index in [0.717, 1.165) is 22.7 Å². The van der Waals surface area contributed by atoms with Crippen molar-refractivity contribution in [1.29, 1.82) is 0 Å². The number of imidazole rings is 1. The first-order valence-corrected chi connectivity index (χ1v) is 7.56. The van der Waals surface area contributed by atoms with Gasteiger partial charge in [-0.05, 0) is 35.7 Å². The lowest BCUT2D eigenvalue weighted by atomic mass is 10.0. The molecule has 2 aromatic carbocycles. The Morgan fingerprint density at radius 3 is 2.17 bits per heavy atom. The standard InChI is InChI=1S/C19H20N2O2/c1-14-19(12-22)21(13-20-14)11-15-3-5-16(6-4-15)17-7-9-18(23-2)10-8-17/h3-10,13,22H,11-12H2,1-2H3. The van der Waals surface area contributed by atoms with Crippen molar-refractivity contribution in [3.8, 4) is 16.9 Å². The number of benzene rings is 2. The zero-order valence-electron chi connectivity index (χ0n) is 13.4. The van der Waals surface area contributed by atoms with E-state index in [9.17, 15) is 5.11 Å². The van der Waals surface area contributed by atoms with Gasteiger partial charge in [-0.3, -0.25) is 0 Å². The summed E-state index contributed by atoms with van der Waals surface area (Å²) >= 11 is 0. The molecule has 4 heteroatoms. The first-order valence-electron chi connectivity index (χ1n) is 7.56. The number of hydrogen-bond donors (Lipinski definition) is 1. The molecule has 118 valence electrons. The van der Waals surface area contributed by atoms with E-state index in [1.165, 1.54) is 11.1 Å². The number of aryl methyl sites for hydroxylation is 1. The van der Waals surface area contributed by atoms with Crippen molar-refractivity contribution in [2.75, 3.05) is 7.11 Å². The number of aliphatic hydroxyl groups is 1. The highest BCUT2D eigenvalue weighted by Gasteiger charge is 2.06. The Bertz CT molecular complexity index is 774. The van der Waals surface area contributed by atoms with E-state index in [-0.39, 0.29) is 6.61 Å². The van der Waals surface area contributed by atoms with E-state index in [1.54, 1.807) is 13.4 Å². The van der Waals surface area contributed by atoms with Crippen LogP contribution in [-0.2, 0) is 13.2 Å². The first kappa shape index (κ1) is 15.3. The molecule has 0 saturated heterocycles. The van der Waals surface area contributed by atoms with Crippen LogP contribution < -0.4 is 4.74 Å². The molecule has 0 aliphatic heterocycles. The Morgan fingerprint density at radius 1 is 1.00 bits per heavy atom. The molecule has 0 aliphatic rings. The second kappa shape index (κ2) is 6.67. The minimum atomic E-state index is 0.00969. The second-order valence-corrected chi connectivity index (χ2v) is 5.49. The topological polar surface area (TPSA) is 47.3 Å². The highest BCUT2D eigenvalue weighted by atomic mass is 16.5. The quantitative estimate of drug-likeness (QED) is 0.786. The molecule has 0 amide bonds. The molecule has 0 spiro atoms. The van der Waals surface area contributed by atoms with Gasteiger partial charge in [0, 0.05) is 6.54 Å². The van der Waals surface area contributed by atoms with Crippen molar-refractivity contribution in [2.24, 2.45) is 0 Å². The molecule has 1 N–H and O–H groups in total. The molecule has 1 heterocycles. The average molecular weight is 308 g/mol. The smallest absolute Gasteiger partial charge is 0.118 e. The van der Waals surface area contributed by atoms with E-state index < -0.39 is 0 Å². The second-order valence-electron chi connectivity index (χ2n) is 5.49. The maximum absolute atomic E-state index is 9.43. The van der Waals surface area contributed by atoms with Crippen molar-refractivity contribution < 1.29 is 9.84 Å². The Balaban J connectivity index is 1.78. The number of nitrogens with zero attached hydrogens (tertiary/aromatic N) is 2. The van der Waals surface area contributed by atoms with E-state index in [1.807, 2.05) is 23.6 Å². The van der Waals surface area contributed by atoms with Gasteiger partial charge in [-0.25, -0.2) is 4.98 Å². The molecule has 0 radical (unpaired) electrons. The molecular weight excluding hydrogens is 288 g/mol. The number of methoxy groups -OCH3 is 1. The summed E-state index contributed by atoms with van der Waals surface area (Å²) in [6.45, 7) is 2.63. The Morgan fingerprint density at radius 2 is 1.61 bits per heavy atom. The van der Waals surface area contributed by atoms with Crippen LogP contribution in [0.25, 0.3) is 11.1 Å². The third-order valence-electron chi connectivity index (χ3n) is 4.04. The fraction of sp³-hybridized carbons (Fsp3) is 0.211. The Hall–Kier alpha value is -2.59. The molecule has 4 nitrogen and oxygen atoms in total. The zero-order chi connectivity index (χ0) is 16.2. The molecule has 0 fully saturated rings. The molecule has 0 unspecified atom stereocenters. The highest BCUT2D eigenvalue weighted by molar-refractivity contribution is 5.64. The maximum atomic E-state index is 9.43. The van der Waals surface area contributed by atoms with Crippen molar-refractivity contribution in [3.05, 3.63) is 71.8 Å². The van der Waals surface area contributed by atoms with Gasteiger partial charge in [0.1, 0.15) is 5.75 Å². The molecule has 3 rings (SSSR count). The van der Waals surface area contributed by atoms with Crippen molar-refractivity contribution >= 4 is 0 Å². The van der Waals surface area contributed by atoms with Gasteiger partial charge in [-0.15, -0.1) is 0 Å². The average Bonchev–Trinajstić information content (AvgIpc) is 2.95. The first-order chi connectivity index (χ1) is 11.2. The fourth-order valence-corrected chi connectivity index (χ4v) is 2.63. The third kappa shape index (κ3) is 3.27. The van der Waals surface area contributed by atoms with E-state index in [0.29, 0.717) is 6.54 Å². The van der Waals surface area contributed by atoms with Crippen molar-refractivity contribution in [1.82, 2.24) is 9.55 Å². The summed E-state index contributed by atoms with van der Waals surface area (Å²) in [5, 5.41) is 9.43. The third-order valence-corrected chi connectivity index (χ3v) is 4.04. The van der Waals surface area contributed by atoms with Gasteiger partial charge in [0.25, 0.3) is 0 Å². The summed E-state index contributed by atoms with van der Waals surface area (Å²) in [5.74, 6) is 0.859. The summed E-state index contributed by atoms with van der Waals surface area (Å²) in [6.07, 6.45) is 1.78. The van der Waals surface area contributed by atoms with Crippen LogP contribution in [0.4, 0.5) is 0 Å². The van der Waals surface area contributed by atoms with Gasteiger partial charge in [-0.1, -0.05) is 36.4 Å². The van der Waals surface area contributed by atoms with Gasteiger partial charge < -0.3 is 14.4 Å². The Kier molecular flexibility index (Phi) is 4.44. The van der Waals surface area contributed by atoms with Crippen LogP contribution in [0.1, 0.15) is 17.0 Å². The van der Waals surface area contributed by atoms with Gasteiger partial charge >= 0.3 is 0 Å². The van der Waals surface area contributed by atoms with Crippen LogP contribution in [-0.4, -0.2) is 21.8 Å². The fourth-order valence-electron chi connectivity index (χ4n) is 2.63. The maximum Gasteiger partial charge on any atom is 0.118 e. The largest absolute Gasteiger partial charge is 0.497 e. The molecule has 0 saturated carbocycles. The molecule has 0 bridgehead atoms. The predicted molar refractivity (Wildman–Crippen MR) is 90.4 cm³/mol. The molecule has 23 heavy (non-hydrogen) atoms. The highest BCUT2D eigenvalue weighted by Crippen LogP contribution is 2.23. The molecular formula is C19H20N2O2. The van der Waals surface area contributed by atoms with Gasteiger partial charge in [0.05, 0.1) is 31.4 Å². The molecule has 0 atom stereocenters. The summed E-state index contributed by atoms with van der Waals surface area (Å²) in [4.78, 5) is 4.26. The summed E-state index contributed by atoms with van der Waals surface area (Å²) < 4.78 is 7.17. The minimum Gasteiger partial charge on any atom is -0.497 e. The van der Waals surface area contributed by atoms with Crippen LogP contribution in [0.3, 0.4) is 0 Å². The number of rotatable bonds is 5.